The number of carbonyl (C=O) groups excluding carboxylic acids is 2. The van der Waals surface area contributed by atoms with Gasteiger partial charge in [0.25, 0.3) is 0 Å². The van der Waals surface area contributed by atoms with Gasteiger partial charge in [-0.3, -0.25) is 14.5 Å². The van der Waals surface area contributed by atoms with Crippen LogP contribution in [-0.4, -0.2) is 40.4 Å². The Hall–Kier alpha value is -1.85. The molecule has 0 aromatic heterocycles. The molecule has 0 bridgehead atoms. The van der Waals surface area contributed by atoms with Gasteiger partial charge in [0.15, 0.2) is 12.3 Å². The average molecular weight is 197 g/mol. The van der Waals surface area contributed by atoms with Crippen LogP contribution in [0.5, 0.6) is 0 Å². The second-order valence-corrected chi connectivity index (χ2v) is 3.02. The van der Waals surface area contributed by atoms with Crippen molar-refractivity contribution in [2.24, 2.45) is 0 Å². The Morgan fingerprint density at radius 3 is 2.86 bits per heavy atom. The molecule has 1 amide bonds. The first kappa shape index (κ1) is 8.74. The van der Waals surface area contributed by atoms with E-state index < -0.39 is 18.2 Å². The number of carboxylic acid groups (broad SMARTS) is 1. The van der Waals surface area contributed by atoms with Gasteiger partial charge in [0.2, 0.25) is 5.91 Å². The van der Waals surface area contributed by atoms with E-state index in [9.17, 15) is 14.4 Å². The van der Waals surface area contributed by atoms with Crippen LogP contribution >= 0.6 is 0 Å². The number of fused-ring (bicyclic) bond motifs is 1. The van der Waals surface area contributed by atoms with E-state index in [0.717, 1.165) is 11.0 Å². The topological polar surface area (TPSA) is 83.9 Å². The third kappa shape index (κ3) is 1.00. The molecule has 74 valence electrons. The first-order valence-electron chi connectivity index (χ1n) is 4.01. The van der Waals surface area contributed by atoms with E-state index in [2.05, 4.69) is 0 Å². The van der Waals surface area contributed by atoms with Crippen molar-refractivity contribution in [2.75, 3.05) is 0 Å². The smallest absolute Gasteiger partial charge is 0.334 e. The van der Waals surface area contributed by atoms with E-state index in [0.29, 0.717) is 6.29 Å². The van der Waals surface area contributed by atoms with Crippen LogP contribution in [0.3, 0.4) is 0 Å². The Morgan fingerprint density at radius 1 is 1.64 bits per heavy atom. The maximum absolute atomic E-state index is 11.0. The predicted octanol–water partition coefficient (Wildman–Crippen LogP) is -0.889. The van der Waals surface area contributed by atoms with Gasteiger partial charge in [0.1, 0.15) is 12.0 Å². The fourth-order valence-corrected chi connectivity index (χ4v) is 1.61. The Bertz CT molecular complexity index is 348. The van der Waals surface area contributed by atoms with E-state index in [1.807, 2.05) is 0 Å². The Labute approximate surface area is 78.7 Å². The number of amides is 1. The second-order valence-electron chi connectivity index (χ2n) is 3.02. The van der Waals surface area contributed by atoms with Crippen LogP contribution in [-0.2, 0) is 19.1 Å². The van der Waals surface area contributed by atoms with E-state index in [1.54, 1.807) is 0 Å². The molecule has 6 nitrogen and oxygen atoms in total. The first-order chi connectivity index (χ1) is 6.65. The number of nitrogens with zero attached hydrogens (tertiary/aromatic N) is 1. The molecule has 2 rings (SSSR count). The van der Waals surface area contributed by atoms with Gasteiger partial charge in [-0.05, 0) is 0 Å². The van der Waals surface area contributed by atoms with Gasteiger partial charge in [-0.25, -0.2) is 4.79 Å². The van der Waals surface area contributed by atoms with E-state index >= 15 is 0 Å². The molecule has 2 atom stereocenters. The molecule has 0 unspecified atom stereocenters. The minimum absolute atomic E-state index is 0.0309. The van der Waals surface area contributed by atoms with Crippen molar-refractivity contribution in [1.82, 2.24) is 4.90 Å². The summed E-state index contributed by atoms with van der Waals surface area (Å²) < 4.78 is 5.10. The van der Waals surface area contributed by atoms with Crippen molar-refractivity contribution in [1.29, 1.82) is 0 Å². The normalized spacial score (nSPS) is 32.1. The SMILES string of the molecule is O=C/C=C1\O[C@@H]2CC(=O)N2[C@H]1C(=O)O. The minimum atomic E-state index is -1.19. The monoisotopic (exact) mass is 197 g/mol. The van der Waals surface area contributed by atoms with Gasteiger partial charge in [0.05, 0.1) is 6.42 Å². The van der Waals surface area contributed by atoms with Crippen LogP contribution in [0.1, 0.15) is 6.42 Å². The van der Waals surface area contributed by atoms with Crippen molar-refractivity contribution in [3.8, 4) is 0 Å². The summed E-state index contributed by atoms with van der Waals surface area (Å²) >= 11 is 0. The van der Waals surface area contributed by atoms with E-state index in [4.69, 9.17) is 9.84 Å². The number of aliphatic carboxylic acids is 1. The largest absolute Gasteiger partial charge is 0.479 e. The number of ether oxygens (including phenoxy) is 1. The first-order valence-corrected chi connectivity index (χ1v) is 4.01. The summed E-state index contributed by atoms with van der Waals surface area (Å²) in [5.41, 5.74) is 0. The van der Waals surface area contributed by atoms with Crippen molar-refractivity contribution in [3.63, 3.8) is 0 Å². The second kappa shape index (κ2) is 2.83. The van der Waals surface area contributed by atoms with E-state index in [1.165, 1.54) is 0 Å². The molecule has 2 aliphatic rings. The number of allylic oxidation sites excluding steroid dienone is 1. The van der Waals surface area contributed by atoms with Crippen LogP contribution < -0.4 is 0 Å². The summed E-state index contributed by atoms with van der Waals surface area (Å²) in [7, 11) is 0. The van der Waals surface area contributed by atoms with Gasteiger partial charge in [-0.2, -0.15) is 0 Å². The lowest BCUT2D eigenvalue weighted by atomic mass is 10.1. The lowest BCUT2D eigenvalue weighted by molar-refractivity contribution is -0.163. The van der Waals surface area contributed by atoms with Gasteiger partial charge < -0.3 is 9.84 Å². The number of carboxylic acids is 1. The average Bonchev–Trinajstić information content (AvgIpc) is 2.39. The lowest BCUT2D eigenvalue weighted by Gasteiger charge is -2.33. The third-order valence-electron chi connectivity index (χ3n) is 2.23. The molecule has 14 heavy (non-hydrogen) atoms. The highest BCUT2D eigenvalue weighted by Crippen LogP contribution is 2.35. The highest BCUT2D eigenvalue weighted by Gasteiger charge is 2.53. The van der Waals surface area contributed by atoms with Crippen molar-refractivity contribution >= 4 is 18.2 Å². The fraction of sp³-hybridized carbons (Fsp3) is 0.375. The zero-order chi connectivity index (χ0) is 10.3. The Kier molecular flexibility index (Phi) is 1.77. The van der Waals surface area contributed by atoms with Crippen LogP contribution in [0.2, 0.25) is 0 Å². The third-order valence-corrected chi connectivity index (χ3v) is 2.23. The number of rotatable bonds is 2. The molecule has 0 aromatic carbocycles. The molecule has 2 aliphatic heterocycles. The summed E-state index contributed by atoms with van der Waals surface area (Å²) in [6, 6.07) is -1.13. The van der Waals surface area contributed by atoms with Crippen molar-refractivity contribution < 1.29 is 24.2 Å². The predicted molar refractivity (Wildman–Crippen MR) is 41.9 cm³/mol. The lowest BCUT2D eigenvalue weighted by Crippen LogP contribution is -2.54. The highest BCUT2D eigenvalue weighted by atomic mass is 16.5. The molecule has 0 aromatic rings. The molecule has 1 N–H and O–H groups in total. The van der Waals surface area contributed by atoms with Gasteiger partial charge in [-0.1, -0.05) is 0 Å². The molecule has 2 fully saturated rings. The molecule has 0 radical (unpaired) electrons. The number of hydrogen-bond donors (Lipinski definition) is 1. The summed E-state index contributed by atoms with van der Waals surface area (Å²) in [5, 5.41) is 8.82. The molecule has 2 saturated heterocycles. The molecule has 2 heterocycles. The molecule has 6 heteroatoms. The summed E-state index contributed by atoms with van der Waals surface area (Å²) in [5.74, 6) is -1.42. The number of β-lactam (4-membered cyclic amide) rings is 1. The van der Waals surface area contributed by atoms with Gasteiger partial charge in [0, 0.05) is 6.08 Å². The van der Waals surface area contributed by atoms with Crippen LogP contribution in [0.25, 0.3) is 0 Å². The number of hydrogen-bond acceptors (Lipinski definition) is 4. The van der Waals surface area contributed by atoms with Crippen molar-refractivity contribution in [2.45, 2.75) is 18.7 Å². The molecular weight excluding hydrogens is 190 g/mol. The number of carbonyl (C=O) groups is 3. The Balaban J connectivity index is 2.30. The summed E-state index contributed by atoms with van der Waals surface area (Å²) in [6.45, 7) is 0. The maximum Gasteiger partial charge on any atom is 0.334 e. The zero-order valence-corrected chi connectivity index (χ0v) is 7.04. The van der Waals surface area contributed by atoms with Crippen LogP contribution in [0.4, 0.5) is 0 Å². The number of aldehydes is 1. The minimum Gasteiger partial charge on any atom is -0.479 e. The van der Waals surface area contributed by atoms with Crippen LogP contribution in [0, 0.1) is 0 Å². The molecule has 0 aliphatic carbocycles. The molecule has 0 spiro atoms. The zero-order valence-electron chi connectivity index (χ0n) is 7.04. The van der Waals surface area contributed by atoms with Gasteiger partial charge >= 0.3 is 5.97 Å². The highest BCUT2D eigenvalue weighted by molar-refractivity contribution is 5.91. The molecular formula is C8H7NO5. The maximum atomic E-state index is 11.0. The fourth-order valence-electron chi connectivity index (χ4n) is 1.61. The quantitative estimate of drug-likeness (QED) is 0.352. The van der Waals surface area contributed by atoms with E-state index in [-0.39, 0.29) is 18.1 Å². The van der Waals surface area contributed by atoms with Gasteiger partial charge in [-0.15, -0.1) is 0 Å². The summed E-state index contributed by atoms with van der Waals surface area (Å²) in [6.07, 6.45) is 1.15. The van der Waals surface area contributed by atoms with Crippen molar-refractivity contribution in [3.05, 3.63) is 11.8 Å². The standard InChI is InChI=1S/C8H7NO5/c10-2-1-4-7(8(12)13)9-5(11)3-6(9)14-4/h1-2,6-7H,3H2,(H,12,13)/b4-1-/t6-,7-/m1/s1. The molecule has 0 saturated carbocycles. The Morgan fingerprint density at radius 2 is 2.36 bits per heavy atom. The summed E-state index contributed by atoms with van der Waals surface area (Å²) in [4.78, 5) is 33.1. The van der Waals surface area contributed by atoms with Crippen LogP contribution in [0.15, 0.2) is 11.8 Å².